The summed E-state index contributed by atoms with van der Waals surface area (Å²) in [5.41, 5.74) is 2.31. The molecule has 1 heterocycles. The van der Waals surface area contributed by atoms with Crippen molar-refractivity contribution >= 4 is 46.6 Å². The van der Waals surface area contributed by atoms with Crippen molar-refractivity contribution in [2.45, 2.75) is 12.8 Å². The third-order valence-electron chi connectivity index (χ3n) is 4.22. The maximum absolute atomic E-state index is 12.4. The van der Waals surface area contributed by atoms with Crippen molar-refractivity contribution in [1.82, 2.24) is 0 Å². The molecule has 0 spiro atoms. The standard InChI is InChI=1S/C20H17Cl2N3O/c21-16-5-8-18(22)19(12-16)24-20(26)15(13-23)11-14-3-6-17(7-4-14)25-9-1-2-10-25/h3-8,11-12H,1-2,9-10H2,(H,24,26)/b15-11+. The summed E-state index contributed by atoms with van der Waals surface area (Å²) in [6, 6.07) is 14.5. The number of amides is 1. The second kappa shape index (κ2) is 8.27. The number of hydrogen-bond acceptors (Lipinski definition) is 3. The number of carbonyl (C=O) groups is 1. The maximum atomic E-state index is 12.4. The summed E-state index contributed by atoms with van der Waals surface area (Å²) in [4.78, 5) is 14.7. The first-order valence-electron chi connectivity index (χ1n) is 8.30. The summed E-state index contributed by atoms with van der Waals surface area (Å²) in [6.07, 6.45) is 3.99. The van der Waals surface area contributed by atoms with Crippen LogP contribution in [0.2, 0.25) is 10.0 Å². The van der Waals surface area contributed by atoms with Gasteiger partial charge < -0.3 is 10.2 Å². The molecule has 1 N–H and O–H groups in total. The van der Waals surface area contributed by atoms with Crippen LogP contribution < -0.4 is 10.2 Å². The fraction of sp³-hybridized carbons (Fsp3) is 0.200. The lowest BCUT2D eigenvalue weighted by Gasteiger charge is -2.17. The molecule has 0 saturated carbocycles. The number of anilines is 2. The zero-order valence-corrected chi connectivity index (χ0v) is 15.5. The fourth-order valence-electron chi connectivity index (χ4n) is 2.85. The second-order valence-electron chi connectivity index (χ2n) is 6.03. The number of hydrogen-bond donors (Lipinski definition) is 1. The Labute approximate surface area is 162 Å². The summed E-state index contributed by atoms with van der Waals surface area (Å²) in [5.74, 6) is -0.528. The van der Waals surface area contributed by atoms with Gasteiger partial charge in [-0.3, -0.25) is 4.79 Å². The molecule has 132 valence electrons. The van der Waals surface area contributed by atoms with Crippen LogP contribution in [0.1, 0.15) is 18.4 Å². The van der Waals surface area contributed by atoms with E-state index in [2.05, 4.69) is 10.2 Å². The summed E-state index contributed by atoms with van der Waals surface area (Å²) in [6.45, 7) is 2.14. The largest absolute Gasteiger partial charge is 0.372 e. The van der Waals surface area contributed by atoms with Crippen molar-refractivity contribution in [2.24, 2.45) is 0 Å². The quantitative estimate of drug-likeness (QED) is 0.585. The van der Waals surface area contributed by atoms with Gasteiger partial charge >= 0.3 is 0 Å². The average molecular weight is 386 g/mol. The summed E-state index contributed by atoms with van der Waals surface area (Å²) < 4.78 is 0. The number of nitrogens with zero attached hydrogens (tertiary/aromatic N) is 2. The van der Waals surface area contributed by atoms with Gasteiger partial charge in [0.15, 0.2) is 0 Å². The fourth-order valence-corrected chi connectivity index (χ4v) is 3.19. The van der Waals surface area contributed by atoms with Crippen molar-refractivity contribution < 1.29 is 4.79 Å². The molecule has 0 radical (unpaired) electrons. The zero-order valence-electron chi connectivity index (χ0n) is 14.0. The monoisotopic (exact) mass is 385 g/mol. The lowest BCUT2D eigenvalue weighted by atomic mass is 10.1. The molecular formula is C20H17Cl2N3O. The highest BCUT2D eigenvalue weighted by atomic mass is 35.5. The zero-order chi connectivity index (χ0) is 18.5. The van der Waals surface area contributed by atoms with E-state index in [9.17, 15) is 10.1 Å². The molecule has 26 heavy (non-hydrogen) atoms. The molecule has 6 heteroatoms. The Morgan fingerprint density at radius 2 is 1.81 bits per heavy atom. The van der Waals surface area contributed by atoms with Crippen molar-refractivity contribution in [3.8, 4) is 6.07 Å². The third-order valence-corrected chi connectivity index (χ3v) is 4.78. The molecule has 0 atom stereocenters. The van der Waals surface area contributed by atoms with Crippen molar-refractivity contribution in [2.75, 3.05) is 23.3 Å². The number of benzene rings is 2. The first kappa shape index (κ1) is 18.3. The number of nitriles is 1. The van der Waals surface area contributed by atoms with E-state index in [0.29, 0.717) is 15.7 Å². The van der Waals surface area contributed by atoms with E-state index in [1.165, 1.54) is 12.8 Å². The highest BCUT2D eigenvalue weighted by Gasteiger charge is 2.13. The van der Waals surface area contributed by atoms with Gasteiger partial charge in [-0.15, -0.1) is 0 Å². The van der Waals surface area contributed by atoms with Crippen LogP contribution >= 0.6 is 23.2 Å². The summed E-state index contributed by atoms with van der Waals surface area (Å²) in [7, 11) is 0. The Hall–Kier alpha value is -2.48. The van der Waals surface area contributed by atoms with Gasteiger partial charge in [0.05, 0.1) is 10.7 Å². The van der Waals surface area contributed by atoms with Gasteiger partial charge in [-0.1, -0.05) is 35.3 Å². The molecule has 1 saturated heterocycles. The van der Waals surface area contributed by atoms with Gasteiger partial charge in [-0.2, -0.15) is 5.26 Å². The van der Waals surface area contributed by atoms with E-state index in [-0.39, 0.29) is 5.57 Å². The molecular weight excluding hydrogens is 369 g/mol. The Balaban J connectivity index is 1.75. The van der Waals surface area contributed by atoms with Crippen molar-refractivity contribution in [3.05, 3.63) is 63.6 Å². The number of nitrogens with one attached hydrogen (secondary N) is 1. The van der Waals surface area contributed by atoms with Crippen molar-refractivity contribution in [3.63, 3.8) is 0 Å². The Bertz CT molecular complexity index is 879. The van der Waals surface area contributed by atoms with Crippen LogP contribution in [-0.2, 0) is 4.79 Å². The second-order valence-corrected chi connectivity index (χ2v) is 6.88. The third kappa shape index (κ3) is 4.37. The van der Waals surface area contributed by atoms with Crippen LogP contribution in [-0.4, -0.2) is 19.0 Å². The van der Waals surface area contributed by atoms with Crippen LogP contribution in [0.25, 0.3) is 6.08 Å². The van der Waals surface area contributed by atoms with Gasteiger partial charge in [0.2, 0.25) is 0 Å². The van der Waals surface area contributed by atoms with Crippen LogP contribution in [0.5, 0.6) is 0 Å². The van der Waals surface area contributed by atoms with E-state index in [4.69, 9.17) is 23.2 Å². The SMILES string of the molecule is N#C/C(=C\c1ccc(N2CCCC2)cc1)C(=O)Nc1cc(Cl)ccc1Cl. The summed E-state index contributed by atoms with van der Waals surface area (Å²) in [5, 5.41) is 12.8. The highest BCUT2D eigenvalue weighted by Crippen LogP contribution is 2.26. The van der Waals surface area contributed by atoms with Gasteiger partial charge in [0.1, 0.15) is 11.6 Å². The van der Waals surface area contributed by atoms with E-state index >= 15 is 0 Å². The summed E-state index contributed by atoms with van der Waals surface area (Å²) >= 11 is 12.0. The van der Waals surface area contributed by atoms with Crippen LogP contribution in [0.15, 0.2) is 48.0 Å². The van der Waals surface area contributed by atoms with E-state index in [1.807, 2.05) is 30.3 Å². The molecule has 0 unspecified atom stereocenters. The van der Waals surface area contributed by atoms with Gasteiger partial charge in [0.25, 0.3) is 5.91 Å². The molecule has 1 aliphatic rings. The molecule has 4 nitrogen and oxygen atoms in total. The van der Waals surface area contributed by atoms with Crippen molar-refractivity contribution in [1.29, 1.82) is 5.26 Å². The van der Waals surface area contributed by atoms with Crippen LogP contribution in [0.3, 0.4) is 0 Å². The first-order valence-corrected chi connectivity index (χ1v) is 9.05. The van der Waals surface area contributed by atoms with E-state index in [0.717, 1.165) is 24.3 Å². The molecule has 0 aromatic heterocycles. The first-order chi connectivity index (χ1) is 12.6. The van der Waals surface area contributed by atoms with Crippen LogP contribution in [0.4, 0.5) is 11.4 Å². The number of halogens is 2. The molecule has 1 amide bonds. The van der Waals surface area contributed by atoms with Crippen LogP contribution in [0, 0.1) is 11.3 Å². The Morgan fingerprint density at radius 1 is 1.12 bits per heavy atom. The molecule has 0 aliphatic carbocycles. The highest BCUT2D eigenvalue weighted by molar-refractivity contribution is 6.36. The Kier molecular flexibility index (Phi) is 5.82. The number of carbonyl (C=O) groups excluding carboxylic acids is 1. The molecule has 1 fully saturated rings. The predicted octanol–water partition coefficient (Wildman–Crippen LogP) is 5.14. The predicted molar refractivity (Wildman–Crippen MR) is 107 cm³/mol. The van der Waals surface area contributed by atoms with Gasteiger partial charge in [-0.05, 0) is 54.8 Å². The molecule has 2 aromatic carbocycles. The smallest absolute Gasteiger partial charge is 0.266 e. The molecule has 0 bridgehead atoms. The average Bonchev–Trinajstić information content (AvgIpc) is 3.18. The molecule has 2 aromatic rings. The molecule has 3 rings (SSSR count). The topological polar surface area (TPSA) is 56.1 Å². The Morgan fingerprint density at radius 3 is 2.46 bits per heavy atom. The van der Waals surface area contributed by atoms with Gasteiger partial charge in [0, 0.05) is 23.8 Å². The lowest BCUT2D eigenvalue weighted by Crippen LogP contribution is -2.17. The number of rotatable bonds is 4. The minimum Gasteiger partial charge on any atom is -0.372 e. The maximum Gasteiger partial charge on any atom is 0.266 e. The minimum absolute atomic E-state index is 0.00466. The molecule has 1 aliphatic heterocycles. The van der Waals surface area contributed by atoms with E-state index in [1.54, 1.807) is 24.3 Å². The van der Waals surface area contributed by atoms with E-state index < -0.39 is 5.91 Å². The lowest BCUT2D eigenvalue weighted by molar-refractivity contribution is -0.112. The minimum atomic E-state index is -0.528. The normalized spacial score (nSPS) is 14.2. The van der Waals surface area contributed by atoms with Gasteiger partial charge in [-0.25, -0.2) is 0 Å².